The van der Waals surface area contributed by atoms with E-state index in [1.807, 2.05) is 0 Å². The topological polar surface area (TPSA) is 83.6 Å². The number of hydrogen-bond donors (Lipinski definition) is 1. The van der Waals surface area contributed by atoms with Crippen molar-refractivity contribution in [2.24, 2.45) is 0 Å². The van der Waals surface area contributed by atoms with Gasteiger partial charge in [0.1, 0.15) is 4.90 Å². The number of fused-ring (bicyclic) bond motifs is 1. The molecule has 1 aliphatic heterocycles. The molecule has 2 aromatic carbocycles. The molecular weight excluding hydrogens is 388 g/mol. The molecule has 3 rings (SSSR count). The highest BCUT2D eigenvalue weighted by Gasteiger charge is 2.42. The minimum Gasteiger partial charge on any atom is -0.352 e. The van der Waals surface area contributed by atoms with Crippen LogP contribution in [0.3, 0.4) is 0 Å². The van der Waals surface area contributed by atoms with Gasteiger partial charge in [0.15, 0.2) is 0 Å². The molecule has 154 valence electrons. The van der Waals surface area contributed by atoms with Crippen molar-refractivity contribution in [3.63, 3.8) is 0 Å². The summed E-state index contributed by atoms with van der Waals surface area (Å²) in [7, 11) is -3.93. The number of nitrogens with one attached hydrogen (secondary N) is 1. The van der Waals surface area contributed by atoms with E-state index in [0.717, 1.165) is 4.31 Å². The van der Waals surface area contributed by atoms with E-state index in [4.69, 9.17) is 0 Å². The highest BCUT2D eigenvalue weighted by molar-refractivity contribution is 7.90. The number of rotatable bonds is 5. The fraction of sp³-hybridized carbons (Fsp3) is 0.364. The van der Waals surface area contributed by atoms with Gasteiger partial charge in [-0.1, -0.05) is 17.7 Å². The van der Waals surface area contributed by atoms with Crippen LogP contribution < -0.4 is 5.32 Å². The van der Waals surface area contributed by atoms with Gasteiger partial charge in [-0.3, -0.25) is 9.59 Å². The first-order valence-corrected chi connectivity index (χ1v) is 11.1. The van der Waals surface area contributed by atoms with Gasteiger partial charge in [0, 0.05) is 18.2 Å². The fourth-order valence-corrected chi connectivity index (χ4v) is 5.70. The Hall–Kier alpha value is -2.67. The molecule has 0 fully saturated rings. The predicted molar refractivity (Wildman–Crippen MR) is 112 cm³/mol. The normalized spacial score (nSPS) is 15.0. The van der Waals surface area contributed by atoms with Crippen LogP contribution in [0.5, 0.6) is 0 Å². The molecule has 2 aromatic rings. The monoisotopic (exact) mass is 414 g/mol. The molecular formula is C22H26N2O4S. The highest BCUT2D eigenvalue weighted by atomic mass is 32.2. The lowest BCUT2D eigenvalue weighted by atomic mass is 9.97. The van der Waals surface area contributed by atoms with Gasteiger partial charge in [-0.25, -0.2) is 12.7 Å². The van der Waals surface area contributed by atoms with Crippen LogP contribution >= 0.6 is 0 Å². The Labute approximate surface area is 172 Å². The Morgan fingerprint density at radius 1 is 1.07 bits per heavy atom. The van der Waals surface area contributed by atoms with Crippen molar-refractivity contribution in [3.05, 3.63) is 63.7 Å². The zero-order chi connectivity index (χ0) is 21.5. The molecule has 6 nitrogen and oxygen atoms in total. The van der Waals surface area contributed by atoms with Crippen LogP contribution in [0.25, 0.3) is 0 Å². The largest absolute Gasteiger partial charge is 0.352 e. The molecule has 7 heteroatoms. The summed E-state index contributed by atoms with van der Waals surface area (Å²) in [4.78, 5) is 24.9. The molecule has 1 N–H and O–H groups in total. The van der Waals surface area contributed by atoms with E-state index < -0.39 is 22.0 Å². The molecule has 2 amide bonds. The molecule has 0 saturated heterocycles. The van der Waals surface area contributed by atoms with Crippen LogP contribution in [-0.4, -0.2) is 37.1 Å². The summed E-state index contributed by atoms with van der Waals surface area (Å²) < 4.78 is 26.2. The first-order chi connectivity index (χ1) is 13.5. The van der Waals surface area contributed by atoms with Crippen molar-refractivity contribution in [2.75, 3.05) is 6.54 Å². The minimum absolute atomic E-state index is 0.103. The number of amides is 2. The molecule has 0 spiro atoms. The third-order valence-electron chi connectivity index (χ3n) is 5.18. The summed E-state index contributed by atoms with van der Waals surface area (Å²) in [5, 5.41) is 2.85. The van der Waals surface area contributed by atoms with E-state index in [9.17, 15) is 18.0 Å². The number of benzene rings is 2. The van der Waals surface area contributed by atoms with Crippen LogP contribution in [0.2, 0.25) is 0 Å². The van der Waals surface area contributed by atoms with Gasteiger partial charge in [0.2, 0.25) is 0 Å². The maximum atomic E-state index is 12.7. The van der Waals surface area contributed by atoms with Gasteiger partial charge in [0.05, 0.1) is 5.56 Å². The quantitative estimate of drug-likeness (QED) is 0.815. The number of sulfonamides is 1. The van der Waals surface area contributed by atoms with Crippen LogP contribution in [0.15, 0.2) is 35.2 Å². The van der Waals surface area contributed by atoms with Gasteiger partial charge in [-0.05, 0) is 75.9 Å². The molecule has 0 bridgehead atoms. The summed E-state index contributed by atoms with van der Waals surface area (Å²) in [6, 6.07) is 7.95. The van der Waals surface area contributed by atoms with Crippen molar-refractivity contribution in [1.29, 1.82) is 0 Å². The molecule has 0 atom stereocenters. The maximum absolute atomic E-state index is 12.7. The summed E-state index contributed by atoms with van der Waals surface area (Å²) >= 11 is 0. The molecule has 1 aliphatic rings. The smallest absolute Gasteiger partial charge is 0.269 e. The molecule has 0 saturated carbocycles. The molecule has 0 aromatic heterocycles. The number of carbonyl (C=O) groups excluding carboxylic acids is 2. The van der Waals surface area contributed by atoms with Crippen LogP contribution in [-0.2, 0) is 16.4 Å². The summed E-state index contributed by atoms with van der Waals surface area (Å²) in [6.07, 6.45) is 0.687. The molecule has 29 heavy (non-hydrogen) atoms. The number of carbonyl (C=O) groups is 2. The second kappa shape index (κ2) is 7.63. The van der Waals surface area contributed by atoms with Gasteiger partial charge < -0.3 is 5.32 Å². The Bertz CT molecular complexity index is 1080. The van der Waals surface area contributed by atoms with Gasteiger partial charge in [-0.2, -0.15) is 0 Å². The lowest BCUT2D eigenvalue weighted by Crippen LogP contribution is -2.36. The number of hydrogen-bond acceptors (Lipinski definition) is 4. The van der Waals surface area contributed by atoms with E-state index in [1.165, 1.54) is 40.5 Å². The van der Waals surface area contributed by atoms with Gasteiger partial charge in [0.25, 0.3) is 21.8 Å². The Morgan fingerprint density at radius 3 is 2.28 bits per heavy atom. The number of aryl methyl sites for hydroxylation is 3. The van der Waals surface area contributed by atoms with Gasteiger partial charge >= 0.3 is 0 Å². The first-order valence-electron chi connectivity index (χ1n) is 9.61. The molecule has 1 heterocycles. The average Bonchev–Trinajstić information content (AvgIpc) is 2.82. The zero-order valence-electron chi connectivity index (χ0n) is 17.4. The third-order valence-corrected chi connectivity index (χ3v) is 7.18. The second-order valence-corrected chi connectivity index (χ2v) is 9.58. The highest BCUT2D eigenvalue weighted by Crippen LogP contribution is 2.32. The number of nitrogens with zero attached hydrogens (tertiary/aromatic N) is 1. The Kier molecular flexibility index (Phi) is 5.54. The Morgan fingerprint density at radius 2 is 1.69 bits per heavy atom. The van der Waals surface area contributed by atoms with Crippen molar-refractivity contribution in [1.82, 2.24) is 9.62 Å². The van der Waals surface area contributed by atoms with Crippen LogP contribution in [0.4, 0.5) is 0 Å². The van der Waals surface area contributed by atoms with E-state index in [0.29, 0.717) is 13.0 Å². The fourth-order valence-electron chi connectivity index (χ4n) is 3.91. The first kappa shape index (κ1) is 21.0. The van der Waals surface area contributed by atoms with Crippen molar-refractivity contribution in [3.8, 4) is 0 Å². The standard InChI is InChI=1S/C22H26N2O4S/c1-13(2)24-22(26)19-7-6-17(12-20(19)29(24,27)28)21(25)23-9-8-18-15(4)10-14(3)11-16(18)5/h6-7,10-13H,8-9H2,1-5H3,(H,23,25). The average molecular weight is 415 g/mol. The van der Waals surface area contributed by atoms with E-state index in [2.05, 4.69) is 38.2 Å². The van der Waals surface area contributed by atoms with Crippen LogP contribution in [0.1, 0.15) is 56.8 Å². The lowest BCUT2D eigenvalue weighted by molar-refractivity contribution is 0.0845. The minimum atomic E-state index is -3.93. The second-order valence-electron chi connectivity index (χ2n) is 7.79. The predicted octanol–water partition coefficient (Wildman–Crippen LogP) is 3.14. The van der Waals surface area contributed by atoms with Gasteiger partial charge in [-0.15, -0.1) is 0 Å². The van der Waals surface area contributed by atoms with Crippen molar-refractivity contribution in [2.45, 2.75) is 52.0 Å². The van der Waals surface area contributed by atoms with E-state index >= 15 is 0 Å². The zero-order valence-corrected chi connectivity index (χ0v) is 18.2. The van der Waals surface area contributed by atoms with E-state index in [-0.39, 0.29) is 21.9 Å². The van der Waals surface area contributed by atoms with Crippen LogP contribution in [0, 0.1) is 20.8 Å². The maximum Gasteiger partial charge on any atom is 0.269 e. The summed E-state index contributed by atoms with van der Waals surface area (Å²) in [5.41, 5.74) is 5.12. The summed E-state index contributed by atoms with van der Waals surface area (Å²) in [5.74, 6) is -0.909. The molecule has 0 radical (unpaired) electrons. The summed E-state index contributed by atoms with van der Waals surface area (Å²) in [6.45, 7) is 9.89. The molecule has 0 aliphatic carbocycles. The SMILES string of the molecule is Cc1cc(C)c(CCNC(=O)c2ccc3c(c2)S(=O)(=O)N(C(C)C)C3=O)c(C)c1. The van der Waals surface area contributed by atoms with Crippen molar-refractivity contribution < 1.29 is 18.0 Å². The molecule has 0 unspecified atom stereocenters. The van der Waals surface area contributed by atoms with E-state index in [1.54, 1.807) is 13.8 Å². The van der Waals surface area contributed by atoms with Crippen molar-refractivity contribution >= 4 is 21.8 Å². The lowest BCUT2D eigenvalue weighted by Gasteiger charge is -2.18. The Balaban J connectivity index is 1.76. The third kappa shape index (κ3) is 3.79.